The second-order valence-electron chi connectivity index (χ2n) is 3.93. The third kappa shape index (κ3) is 2.42. The van der Waals surface area contributed by atoms with E-state index in [1.165, 1.54) is 31.2 Å². The first-order valence-electron chi connectivity index (χ1n) is 5.52. The molecule has 0 bridgehead atoms. The number of aromatic amines is 1. The maximum atomic E-state index is 11.2. The number of nitrogens with zero attached hydrogens (tertiary/aromatic N) is 1. The van der Waals surface area contributed by atoms with Crippen molar-refractivity contribution in [2.75, 3.05) is 17.6 Å². The molecular formula is C11H16N4O. The normalized spacial score (nSPS) is 14.9. The number of nitrogens with one attached hydrogen (secondary N) is 2. The van der Waals surface area contributed by atoms with Crippen molar-refractivity contribution in [2.24, 2.45) is 0 Å². The van der Waals surface area contributed by atoms with E-state index in [2.05, 4.69) is 21.4 Å². The molecule has 1 heterocycles. The lowest BCUT2D eigenvalue weighted by Gasteiger charge is -2.07. The van der Waals surface area contributed by atoms with Crippen LogP contribution in [-0.2, 0) is 0 Å². The summed E-state index contributed by atoms with van der Waals surface area (Å²) in [6.45, 7) is 0.770. The molecular weight excluding hydrogens is 204 g/mol. The fraction of sp³-hybridized carbons (Fsp3) is 0.455. The Morgan fingerprint density at radius 3 is 3.19 bits per heavy atom. The molecule has 0 unspecified atom stereocenters. The summed E-state index contributed by atoms with van der Waals surface area (Å²) in [6.07, 6.45) is 8.29. The minimum absolute atomic E-state index is 0.155. The van der Waals surface area contributed by atoms with Crippen molar-refractivity contribution in [3.63, 3.8) is 0 Å². The number of rotatable bonds is 4. The summed E-state index contributed by atoms with van der Waals surface area (Å²) in [4.78, 5) is 17.6. The maximum absolute atomic E-state index is 11.2. The van der Waals surface area contributed by atoms with Gasteiger partial charge in [-0.25, -0.2) is 4.98 Å². The van der Waals surface area contributed by atoms with Crippen molar-refractivity contribution in [3.05, 3.63) is 28.3 Å². The Morgan fingerprint density at radius 2 is 2.44 bits per heavy atom. The third-order valence-corrected chi connectivity index (χ3v) is 2.76. The highest BCUT2D eigenvalue weighted by Crippen LogP contribution is 2.20. The minimum atomic E-state index is -0.294. The van der Waals surface area contributed by atoms with E-state index in [0.717, 1.165) is 13.0 Å². The summed E-state index contributed by atoms with van der Waals surface area (Å²) in [5.41, 5.74) is 6.94. The second kappa shape index (κ2) is 4.83. The van der Waals surface area contributed by atoms with E-state index in [0.29, 0.717) is 5.82 Å². The second-order valence-corrected chi connectivity index (χ2v) is 3.93. The molecule has 0 radical (unpaired) electrons. The average Bonchev–Trinajstić information content (AvgIpc) is 2.77. The molecule has 2 rings (SSSR count). The van der Waals surface area contributed by atoms with Gasteiger partial charge in [0.2, 0.25) is 0 Å². The van der Waals surface area contributed by atoms with Crippen molar-refractivity contribution >= 4 is 11.5 Å². The van der Waals surface area contributed by atoms with Gasteiger partial charge in [0.25, 0.3) is 5.56 Å². The molecule has 0 saturated heterocycles. The molecule has 0 atom stereocenters. The molecule has 0 saturated carbocycles. The van der Waals surface area contributed by atoms with E-state index in [1.807, 2.05) is 0 Å². The van der Waals surface area contributed by atoms with Gasteiger partial charge in [0.1, 0.15) is 5.69 Å². The van der Waals surface area contributed by atoms with Gasteiger partial charge in [-0.3, -0.25) is 4.79 Å². The smallest absolute Gasteiger partial charge is 0.276 e. The first kappa shape index (κ1) is 10.7. The topological polar surface area (TPSA) is 83.8 Å². The summed E-state index contributed by atoms with van der Waals surface area (Å²) < 4.78 is 0. The fourth-order valence-corrected chi connectivity index (χ4v) is 1.86. The molecule has 1 aromatic heterocycles. The van der Waals surface area contributed by atoms with Gasteiger partial charge in [0.15, 0.2) is 5.82 Å². The van der Waals surface area contributed by atoms with Crippen molar-refractivity contribution in [2.45, 2.75) is 25.7 Å². The van der Waals surface area contributed by atoms with Crippen LogP contribution in [0.1, 0.15) is 25.7 Å². The van der Waals surface area contributed by atoms with Crippen LogP contribution in [0.4, 0.5) is 11.5 Å². The van der Waals surface area contributed by atoms with Gasteiger partial charge in [-0.2, -0.15) is 0 Å². The molecule has 5 nitrogen and oxygen atoms in total. The zero-order valence-corrected chi connectivity index (χ0v) is 9.12. The summed E-state index contributed by atoms with van der Waals surface area (Å²) in [7, 11) is 0. The van der Waals surface area contributed by atoms with Gasteiger partial charge >= 0.3 is 0 Å². The van der Waals surface area contributed by atoms with Crippen LogP contribution < -0.4 is 16.6 Å². The molecule has 0 fully saturated rings. The lowest BCUT2D eigenvalue weighted by molar-refractivity contribution is 0.861. The Hall–Kier alpha value is -1.78. The van der Waals surface area contributed by atoms with Gasteiger partial charge in [0, 0.05) is 6.54 Å². The SMILES string of the molecule is Nc1c(NCCC2=CCCC2)nc[nH]c1=O. The molecule has 16 heavy (non-hydrogen) atoms. The number of allylic oxidation sites excluding steroid dienone is 1. The number of nitrogen functional groups attached to an aromatic ring is 1. The molecule has 0 spiro atoms. The van der Waals surface area contributed by atoms with Crippen LogP contribution in [0.25, 0.3) is 0 Å². The van der Waals surface area contributed by atoms with E-state index in [-0.39, 0.29) is 11.2 Å². The van der Waals surface area contributed by atoms with E-state index in [4.69, 9.17) is 5.73 Å². The van der Waals surface area contributed by atoms with Crippen LogP contribution in [0.3, 0.4) is 0 Å². The Morgan fingerprint density at radius 1 is 1.56 bits per heavy atom. The van der Waals surface area contributed by atoms with Gasteiger partial charge in [-0.05, 0) is 25.7 Å². The van der Waals surface area contributed by atoms with Gasteiger partial charge in [-0.1, -0.05) is 11.6 Å². The maximum Gasteiger partial charge on any atom is 0.276 e. The van der Waals surface area contributed by atoms with Crippen molar-refractivity contribution in [1.29, 1.82) is 0 Å². The zero-order chi connectivity index (χ0) is 11.4. The van der Waals surface area contributed by atoms with E-state index in [9.17, 15) is 4.79 Å². The lowest BCUT2D eigenvalue weighted by Crippen LogP contribution is -2.16. The molecule has 0 amide bonds. The number of hydrogen-bond acceptors (Lipinski definition) is 4. The van der Waals surface area contributed by atoms with Gasteiger partial charge < -0.3 is 16.0 Å². The van der Waals surface area contributed by atoms with Gasteiger partial charge in [-0.15, -0.1) is 0 Å². The number of nitrogens with two attached hydrogens (primary N) is 1. The highest BCUT2D eigenvalue weighted by atomic mass is 16.1. The summed E-state index contributed by atoms with van der Waals surface area (Å²) in [5, 5.41) is 3.08. The number of H-pyrrole nitrogens is 1. The first-order valence-corrected chi connectivity index (χ1v) is 5.52. The van der Waals surface area contributed by atoms with Crippen molar-refractivity contribution in [1.82, 2.24) is 9.97 Å². The predicted molar refractivity (Wildman–Crippen MR) is 64.3 cm³/mol. The molecule has 4 N–H and O–H groups in total. The van der Waals surface area contributed by atoms with E-state index >= 15 is 0 Å². The Labute approximate surface area is 93.8 Å². The van der Waals surface area contributed by atoms with Crippen LogP contribution in [-0.4, -0.2) is 16.5 Å². The monoisotopic (exact) mass is 220 g/mol. The predicted octanol–water partition coefficient (Wildman–Crippen LogP) is 1.26. The Balaban J connectivity index is 1.89. The zero-order valence-electron chi connectivity index (χ0n) is 9.12. The van der Waals surface area contributed by atoms with Crippen LogP contribution in [0.15, 0.2) is 22.8 Å². The van der Waals surface area contributed by atoms with Crippen LogP contribution in [0, 0.1) is 0 Å². The average molecular weight is 220 g/mol. The first-order chi connectivity index (χ1) is 7.77. The largest absolute Gasteiger partial charge is 0.391 e. The molecule has 86 valence electrons. The quantitative estimate of drug-likeness (QED) is 0.667. The fourth-order valence-electron chi connectivity index (χ4n) is 1.86. The number of anilines is 2. The molecule has 0 aromatic carbocycles. The van der Waals surface area contributed by atoms with Crippen LogP contribution in [0.2, 0.25) is 0 Å². The minimum Gasteiger partial charge on any atom is -0.391 e. The van der Waals surface area contributed by atoms with Crippen molar-refractivity contribution in [3.8, 4) is 0 Å². The molecule has 0 aliphatic heterocycles. The Bertz CT molecular complexity index is 450. The highest BCUT2D eigenvalue weighted by molar-refractivity contribution is 5.58. The summed E-state index contributed by atoms with van der Waals surface area (Å²) in [6, 6.07) is 0. The molecule has 5 heteroatoms. The summed E-state index contributed by atoms with van der Waals surface area (Å²) >= 11 is 0. The highest BCUT2D eigenvalue weighted by Gasteiger charge is 2.06. The van der Waals surface area contributed by atoms with E-state index < -0.39 is 0 Å². The lowest BCUT2D eigenvalue weighted by atomic mass is 10.2. The van der Waals surface area contributed by atoms with Crippen LogP contribution >= 0.6 is 0 Å². The third-order valence-electron chi connectivity index (χ3n) is 2.76. The number of hydrogen-bond donors (Lipinski definition) is 3. The molecule has 1 aromatic rings. The van der Waals surface area contributed by atoms with Crippen LogP contribution in [0.5, 0.6) is 0 Å². The number of aromatic nitrogens is 2. The summed E-state index contributed by atoms with van der Waals surface area (Å²) in [5.74, 6) is 0.474. The van der Waals surface area contributed by atoms with Crippen molar-refractivity contribution < 1.29 is 0 Å². The Kier molecular flexibility index (Phi) is 3.24. The molecule has 1 aliphatic carbocycles. The van der Waals surface area contributed by atoms with E-state index in [1.54, 1.807) is 0 Å². The standard InChI is InChI=1S/C11H16N4O/c12-9-10(14-7-15-11(9)16)13-6-5-8-3-1-2-4-8/h3,7H,1-2,4-6,12H2,(H2,13,14,15,16). The molecule has 1 aliphatic rings. The van der Waals surface area contributed by atoms with Gasteiger partial charge in [0.05, 0.1) is 6.33 Å².